The molecule has 5 heteroatoms. The largest absolute Gasteiger partial charge is 0.478 e. The van der Waals surface area contributed by atoms with Gasteiger partial charge in [0.1, 0.15) is 0 Å². The Kier molecular flexibility index (Phi) is 5.62. The molecule has 0 aliphatic rings. The monoisotopic (exact) mass is 215 g/mol. The third-order valence-electron chi connectivity index (χ3n) is 2.42. The van der Waals surface area contributed by atoms with Gasteiger partial charge in [-0.3, -0.25) is 4.79 Å². The van der Waals surface area contributed by atoms with Crippen molar-refractivity contribution in [3.8, 4) is 0 Å². The van der Waals surface area contributed by atoms with Gasteiger partial charge in [0, 0.05) is 12.2 Å². The Balaban J connectivity index is 4.42. The number of nitrogens with one attached hydrogen (secondary N) is 1. The zero-order chi connectivity index (χ0) is 11.9. The molecule has 0 aliphatic carbocycles. The highest BCUT2D eigenvalue weighted by molar-refractivity contribution is 5.94. The number of aliphatic carboxylic acids is 1. The molecule has 0 spiro atoms. The van der Waals surface area contributed by atoms with Gasteiger partial charge >= 0.3 is 5.97 Å². The molecular weight excluding hydrogens is 198 g/mol. The van der Waals surface area contributed by atoms with Crippen molar-refractivity contribution < 1.29 is 19.8 Å². The second-order valence-corrected chi connectivity index (χ2v) is 3.31. The molecule has 0 saturated heterocycles. The quantitative estimate of drug-likeness (QED) is 0.556. The maximum Gasteiger partial charge on any atom is 0.328 e. The first-order valence-corrected chi connectivity index (χ1v) is 4.83. The first-order valence-electron chi connectivity index (χ1n) is 4.83. The number of carbonyl (C=O) groups is 2. The molecule has 0 saturated carbocycles. The summed E-state index contributed by atoms with van der Waals surface area (Å²) in [5, 5.41) is 20.1. The number of carboxylic acid groups (broad SMARTS) is 1. The van der Waals surface area contributed by atoms with Crippen LogP contribution in [0.2, 0.25) is 0 Å². The van der Waals surface area contributed by atoms with Crippen LogP contribution in [-0.4, -0.2) is 34.2 Å². The highest BCUT2D eigenvalue weighted by Crippen LogP contribution is 2.13. The lowest BCUT2D eigenvalue weighted by Crippen LogP contribution is -2.50. The lowest BCUT2D eigenvalue weighted by molar-refractivity contribution is -0.131. The van der Waals surface area contributed by atoms with Gasteiger partial charge in [0.05, 0.1) is 12.1 Å². The predicted molar refractivity (Wildman–Crippen MR) is 55.3 cm³/mol. The number of hydrogen-bond acceptors (Lipinski definition) is 3. The summed E-state index contributed by atoms with van der Waals surface area (Å²) in [6, 6.07) is 0. The van der Waals surface area contributed by atoms with Crippen molar-refractivity contribution in [3.63, 3.8) is 0 Å². The van der Waals surface area contributed by atoms with Crippen LogP contribution in [0.4, 0.5) is 0 Å². The summed E-state index contributed by atoms with van der Waals surface area (Å²) >= 11 is 0. The lowest BCUT2D eigenvalue weighted by Gasteiger charge is -2.30. The van der Waals surface area contributed by atoms with Gasteiger partial charge in [0.2, 0.25) is 5.91 Å². The summed E-state index contributed by atoms with van der Waals surface area (Å²) in [6.07, 6.45) is 2.89. The van der Waals surface area contributed by atoms with Crippen LogP contribution in [0.25, 0.3) is 0 Å². The van der Waals surface area contributed by atoms with Crippen molar-refractivity contribution in [1.29, 1.82) is 0 Å². The van der Waals surface area contributed by atoms with Gasteiger partial charge in [-0.05, 0) is 12.8 Å². The molecule has 0 aromatic rings. The molecule has 0 atom stereocenters. The smallest absolute Gasteiger partial charge is 0.328 e. The van der Waals surface area contributed by atoms with Crippen molar-refractivity contribution in [2.45, 2.75) is 32.2 Å². The summed E-state index contributed by atoms with van der Waals surface area (Å²) in [6.45, 7) is 3.54. The Morgan fingerprint density at radius 1 is 1.27 bits per heavy atom. The second kappa shape index (κ2) is 6.19. The van der Waals surface area contributed by atoms with E-state index in [1.807, 2.05) is 13.8 Å². The van der Waals surface area contributed by atoms with Gasteiger partial charge in [0.15, 0.2) is 0 Å². The Morgan fingerprint density at radius 3 is 2.13 bits per heavy atom. The van der Waals surface area contributed by atoms with Crippen LogP contribution in [0.5, 0.6) is 0 Å². The first-order chi connectivity index (χ1) is 6.99. The number of amides is 1. The number of aliphatic hydroxyl groups is 1. The second-order valence-electron chi connectivity index (χ2n) is 3.31. The minimum atomic E-state index is -1.17. The Bertz CT molecular complexity index is 248. The van der Waals surface area contributed by atoms with Crippen LogP contribution in [0, 0.1) is 0 Å². The van der Waals surface area contributed by atoms with E-state index in [2.05, 4.69) is 5.32 Å². The van der Waals surface area contributed by atoms with E-state index in [9.17, 15) is 9.59 Å². The van der Waals surface area contributed by atoms with Crippen molar-refractivity contribution in [2.24, 2.45) is 0 Å². The van der Waals surface area contributed by atoms with Crippen molar-refractivity contribution in [1.82, 2.24) is 5.32 Å². The van der Waals surface area contributed by atoms with Crippen molar-refractivity contribution in [2.75, 3.05) is 6.61 Å². The molecule has 0 aliphatic heterocycles. The van der Waals surface area contributed by atoms with Crippen LogP contribution in [-0.2, 0) is 9.59 Å². The molecule has 3 N–H and O–H groups in total. The van der Waals surface area contributed by atoms with Crippen molar-refractivity contribution in [3.05, 3.63) is 12.2 Å². The summed E-state index contributed by atoms with van der Waals surface area (Å²) in [7, 11) is 0. The van der Waals surface area contributed by atoms with E-state index >= 15 is 0 Å². The fourth-order valence-electron chi connectivity index (χ4n) is 1.14. The van der Waals surface area contributed by atoms with Crippen LogP contribution in [0.3, 0.4) is 0 Å². The van der Waals surface area contributed by atoms with Gasteiger partial charge in [-0.1, -0.05) is 13.8 Å². The molecule has 0 aromatic heterocycles. The summed E-state index contributed by atoms with van der Waals surface area (Å²) in [5.41, 5.74) is -0.653. The highest BCUT2D eigenvalue weighted by atomic mass is 16.4. The topological polar surface area (TPSA) is 86.6 Å². The van der Waals surface area contributed by atoms with Crippen LogP contribution in [0.1, 0.15) is 26.7 Å². The zero-order valence-electron chi connectivity index (χ0n) is 8.99. The van der Waals surface area contributed by atoms with Crippen LogP contribution >= 0.6 is 0 Å². The molecule has 15 heavy (non-hydrogen) atoms. The average molecular weight is 215 g/mol. The molecule has 0 radical (unpaired) electrons. The van der Waals surface area contributed by atoms with Gasteiger partial charge in [0.25, 0.3) is 0 Å². The molecular formula is C10H17NO4. The third kappa shape index (κ3) is 4.60. The molecule has 1 amide bonds. The number of carbonyl (C=O) groups excluding carboxylic acids is 1. The molecule has 86 valence electrons. The molecule has 0 heterocycles. The molecule has 0 rings (SSSR count). The lowest BCUT2D eigenvalue weighted by atomic mass is 9.94. The number of rotatable bonds is 6. The van der Waals surface area contributed by atoms with Crippen LogP contribution in [0.15, 0.2) is 12.2 Å². The normalized spacial score (nSPS) is 11.7. The minimum absolute atomic E-state index is 0.160. The standard InChI is InChI=1S/C10H17NO4/c1-3-10(4-2,7-12)11-8(13)5-6-9(14)15/h5-6,12H,3-4,7H2,1-2H3,(H,11,13)(H,14,15). The predicted octanol–water partition coefficient (Wildman–Crippen LogP) is 0.294. The summed E-state index contributed by atoms with van der Waals surface area (Å²) in [4.78, 5) is 21.4. The minimum Gasteiger partial charge on any atom is -0.478 e. The number of carboxylic acids is 1. The van der Waals surface area contributed by atoms with Gasteiger partial charge in [-0.25, -0.2) is 4.79 Å². The van der Waals surface area contributed by atoms with E-state index in [1.54, 1.807) is 0 Å². The van der Waals surface area contributed by atoms with E-state index in [0.29, 0.717) is 12.8 Å². The Hall–Kier alpha value is -1.36. The van der Waals surface area contributed by atoms with E-state index in [1.165, 1.54) is 0 Å². The molecule has 5 nitrogen and oxygen atoms in total. The summed E-state index contributed by atoms with van der Waals surface area (Å²) in [5.74, 6) is -1.68. The fraction of sp³-hybridized carbons (Fsp3) is 0.600. The average Bonchev–Trinajstić information content (AvgIpc) is 2.23. The summed E-state index contributed by atoms with van der Waals surface area (Å²) < 4.78 is 0. The Labute approximate surface area is 88.8 Å². The van der Waals surface area contributed by atoms with Crippen LogP contribution < -0.4 is 5.32 Å². The maximum absolute atomic E-state index is 11.3. The fourth-order valence-corrected chi connectivity index (χ4v) is 1.14. The van der Waals surface area contributed by atoms with Gasteiger partial charge in [-0.2, -0.15) is 0 Å². The SMILES string of the molecule is CCC(CC)(CO)NC(=O)C=CC(=O)O. The highest BCUT2D eigenvalue weighted by Gasteiger charge is 2.26. The zero-order valence-corrected chi connectivity index (χ0v) is 8.99. The molecule has 0 fully saturated rings. The van der Waals surface area contributed by atoms with Crippen molar-refractivity contribution >= 4 is 11.9 Å². The van der Waals surface area contributed by atoms with Gasteiger partial charge < -0.3 is 15.5 Å². The number of hydrogen-bond donors (Lipinski definition) is 3. The van der Waals surface area contributed by atoms with E-state index in [-0.39, 0.29) is 6.61 Å². The molecule has 0 unspecified atom stereocenters. The molecule has 0 aromatic carbocycles. The van der Waals surface area contributed by atoms with Gasteiger partial charge in [-0.15, -0.1) is 0 Å². The molecule has 0 bridgehead atoms. The van der Waals surface area contributed by atoms with E-state index in [0.717, 1.165) is 12.2 Å². The first kappa shape index (κ1) is 13.6. The van der Waals surface area contributed by atoms with E-state index < -0.39 is 17.4 Å². The Morgan fingerprint density at radius 2 is 1.80 bits per heavy atom. The third-order valence-corrected chi connectivity index (χ3v) is 2.42. The van der Waals surface area contributed by atoms with E-state index in [4.69, 9.17) is 10.2 Å². The maximum atomic E-state index is 11.3. The number of aliphatic hydroxyl groups excluding tert-OH is 1.